The van der Waals surface area contributed by atoms with Gasteiger partial charge in [0.25, 0.3) is 10.1 Å². The lowest BCUT2D eigenvalue weighted by molar-refractivity contribution is 0.346. The van der Waals surface area contributed by atoms with Gasteiger partial charge in [-0.1, -0.05) is 29.8 Å². The van der Waals surface area contributed by atoms with Crippen molar-refractivity contribution in [1.29, 1.82) is 0 Å². The molecule has 0 aromatic heterocycles. The second-order valence-electron chi connectivity index (χ2n) is 4.90. The van der Waals surface area contributed by atoms with Gasteiger partial charge in [-0.15, -0.1) is 0 Å². The van der Waals surface area contributed by atoms with Crippen molar-refractivity contribution in [2.24, 2.45) is 0 Å². The molecule has 0 spiro atoms. The van der Waals surface area contributed by atoms with Crippen molar-refractivity contribution in [3.8, 4) is 16.9 Å². The minimum Gasteiger partial charge on any atom is -0.491 e. The van der Waals surface area contributed by atoms with Crippen molar-refractivity contribution in [3.05, 3.63) is 47.5 Å². The summed E-state index contributed by atoms with van der Waals surface area (Å²) in [5.41, 5.74) is 3.63. The first-order chi connectivity index (χ1) is 9.45. The van der Waals surface area contributed by atoms with Gasteiger partial charge < -0.3 is 4.74 Å². The zero-order chi connectivity index (χ0) is 14.3. The number of rotatable bonds is 2. The van der Waals surface area contributed by atoms with Gasteiger partial charge in [-0.05, 0) is 35.7 Å². The molecule has 0 aliphatic carbocycles. The van der Waals surface area contributed by atoms with Crippen LogP contribution in [0.1, 0.15) is 11.1 Å². The molecule has 0 saturated carbocycles. The maximum absolute atomic E-state index is 11.5. The summed E-state index contributed by atoms with van der Waals surface area (Å²) in [5, 5.41) is 0. The molecule has 1 heterocycles. The van der Waals surface area contributed by atoms with E-state index in [2.05, 4.69) is 0 Å². The number of ether oxygens (including phenoxy) is 1. The molecule has 0 fully saturated rings. The zero-order valence-corrected chi connectivity index (χ0v) is 11.8. The van der Waals surface area contributed by atoms with Gasteiger partial charge in [0.1, 0.15) is 10.6 Å². The maximum Gasteiger partial charge on any atom is 0.298 e. The predicted octanol–water partition coefficient (Wildman–Crippen LogP) is 2.84. The van der Waals surface area contributed by atoms with E-state index in [0.29, 0.717) is 13.0 Å². The largest absolute Gasteiger partial charge is 0.491 e. The Morgan fingerprint density at radius 1 is 1.10 bits per heavy atom. The lowest BCUT2D eigenvalue weighted by atomic mass is 10.0. The zero-order valence-electron chi connectivity index (χ0n) is 11.0. The molecule has 0 atom stereocenters. The van der Waals surface area contributed by atoms with E-state index in [9.17, 15) is 13.0 Å². The molecule has 1 aliphatic heterocycles. The molecule has 2 aromatic rings. The fourth-order valence-corrected chi connectivity index (χ4v) is 3.08. The van der Waals surface area contributed by atoms with E-state index in [0.717, 1.165) is 22.3 Å². The smallest absolute Gasteiger partial charge is 0.298 e. The summed E-state index contributed by atoms with van der Waals surface area (Å²) >= 11 is 0. The Morgan fingerprint density at radius 3 is 2.45 bits per heavy atom. The van der Waals surface area contributed by atoms with Crippen molar-refractivity contribution < 1.29 is 17.7 Å². The normalized spacial score (nSPS) is 13.9. The third-order valence-corrected chi connectivity index (χ3v) is 4.27. The monoisotopic (exact) mass is 290 g/mol. The maximum atomic E-state index is 11.5. The second-order valence-corrected chi connectivity index (χ2v) is 6.29. The molecular weight excluding hydrogens is 276 g/mol. The minimum atomic E-state index is -4.29. The molecule has 20 heavy (non-hydrogen) atoms. The quantitative estimate of drug-likeness (QED) is 0.864. The molecule has 0 amide bonds. The van der Waals surface area contributed by atoms with Gasteiger partial charge >= 0.3 is 0 Å². The summed E-state index contributed by atoms with van der Waals surface area (Å²) in [4.78, 5) is -0.150. The van der Waals surface area contributed by atoms with Crippen LogP contribution < -0.4 is 4.74 Å². The fourth-order valence-electron chi connectivity index (χ4n) is 2.38. The van der Waals surface area contributed by atoms with Crippen LogP contribution in [0.2, 0.25) is 0 Å². The van der Waals surface area contributed by atoms with Crippen LogP contribution in [0.15, 0.2) is 41.3 Å². The molecule has 1 N–H and O–H groups in total. The van der Waals surface area contributed by atoms with Crippen molar-refractivity contribution in [1.82, 2.24) is 0 Å². The number of fused-ring (bicyclic) bond motifs is 1. The molecule has 0 bridgehead atoms. The molecule has 1 aliphatic rings. The highest BCUT2D eigenvalue weighted by atomic mass is 32.2. The highest BCUT2D eigenvalue weighted by Crippen LogP contribution is 2.37. The van der Waals surface area contributed by atoms with E-state index in [1.165, 1.54) is 6.07 Å². The number of hydrogen-bond acceptors (Lipinski definition) is 3. The average molecular weight is 290 g/mol. The Labute approximate surface area is 117 Å². The molecule has 0 unspecified atom stereocenters. The van der Waals surface area contributed by atoms with Gasteiger partial charge in [0.15, 0.2) is 0 Å². The first-order valence-corrected chi connectivity index (χ1v) is 7.73. The van der Waals surface area contributed by atoms with E-state index >= 15 is 0 Å². The minimum absolute atomic E-state index is 0.150. The van der Waals surface area contributed by atoms with Crippen molar-refractivity contribution in [2.45, 2.75) is 18.2 Å². The average Bonchev–Trinajstić information content (AvgIpc) is 2.85. The summed E-state index contributed by atoms with van der Waals surface area (Å²) in [6, 6.07) is 11.2. The highest BCUT2D eigenvalue weighted by molar-refractivity contribution is 7.86. The van der Waals surface area contributed by atoms with E-state index in [4.69, 9.17) is 4.74 Å². The summed E-state index contributed by atoms with van der Waals surface area (Å²) in [6.45, 7) is 2.43. The van der Waals surface area contributed by atoms with Gasteiger partial charge in [0.2, 0.25) is 0 Å². The molecule has 3 rings (SSSR count). The Kier molecular flexibility index (Phi) is 3.03. The fraction of sp³-hybridized carbons (Fsp3) is 0.200. The summed E-state index contributed by atoms with van der Waals surface area (Å²) < 4.78 is 37.7. The van der Waals surface area contributed by atoms with Crippen LogP contribution >= 0.6 is 0 Å². The van der Waals surface area contributed by atoms with E-state index in [1.807, 2.05) is 37.3 Å². The van der Waals surface area contributed by atoms with Gasteiger partial charge in [-0.25, -0.2) is 0 Å². The molecule has 0 saturated heterocycles. The molecule has 4 nitrogen and oxygen atoms in total. The van der Waals surface area contributed by atoms with Crippen LogP contribution in [0.5, 0.6) is 5.75 Å². The van der Waals surface area contributed by atoms with E-state index in [-0.39, 0.29) is 10.6 Å². The lowest BCUT2D eigenvalue weighted by Gasteiger charge is -2.09. The number of hydrogen-bond donors (Lipinski definition) is 1. The first-order valence-electron chi connectivity index (χ1n) is 6.29. The predicted molar refractivity (Wildman–Crippen MR) is 75.6 cm³/mol. The second kappa shape index (κ2) is 4.61. The topological polar surface area (TPSA) is 63.6 Å². The summed E-state index contributed by atoms with van der Waals surface area (Å²) in [6.07, 6.45) is 0.650. The summed E-state index contributed by atoms with van der Waals surface area (Å²) in [7, 11) is -4.29. The van der Waals surface area contributed by atoms with Crippen LogP contribution in [-0.2, 0) is 16.5 Å². The molecular formula is C15H14O4S. The van der Waals surface area contributed by atoms with Gasteiger partial charge in [-0.2, -0.15) is 8.42 Å². The van der Waals surface area contributed by atoms with Crippen LogP contribution in [0.4, 0.5) is 0 Å². The standard InChI is InChI=1S/C15H14O4S/c1-10-2-4-11(5-3-10)13-8-12-6-7-19-15(12)14(9-13)20(16,17)18/h2-5,8-9H,6-7H2,1H3,(H,16,17,18). The summed E-state index contributed by atoms with van der Waals surface area (Å²) in [5.74, 6) is 0.281. The van der Waals surface area contributed by atoms with Crippen LogP contribution in [0, 0.1) is 6.92 Å². The number of aryl methyl sites for hydroxylation is 1. The Bertz CT molecular complexity index is 761. The Balaban J connectivity index is 2.21. The van der Waals surface area contributed by atoms with Crippen molar-refractivity contribution in [3.63, 3.8) is 0 Å². The van der Waals surface area contributed by atoms with Gasteiger partial charge in [0, 0.05) is 6.42 Å². The molecule has 0 radical (unpaired) electrons. The Hall–Kier alpha value is -1.85. The van der Waals surface area contributed by atoms with Crippen LogP contribution in [0.25, 0.3) is 11.1 Å². The first kappa shape index (κ1) is 13.1. The lowest BCUT2D eigenvalue weighted by Crippen LogP contribution is -2.01. The highest BCUT2D eigenvalue weighted by Gasteiger charge is 2.25. The number of benzene rings is 2. The van der Waals surface area contributed by atoms with E-state index in [1.54, 1.807) is 0 Å². The van der Waals surface area contributed by atoms with Gasteiger partial charge in [0.05, 0.1) is 6.61 Å². The molecule has 2 aromatic carbocycles. The molecule has 5 heteroatoms. The van der Waals surface area contributed by atoms with Crippen LogP contribution in [0.3, 0.4) is 0 Å². The van der Waals surface area contributed by atoms with Crippen molar-refractivity contribution >= 4 is 10.1 Å². The van der Waals surface area contributed by atoms with E-state index < -0.39 is 10.1 Å². The van der Waals surface area contributed by atoms with Crippen molar-refractivity contribution in [2.75, 3.05) is 6.61 Å². The van der Waals surface area contributed by atoms with Crippen LogP contribution in [-0.4, -0.2) is 19.6 Å². The molecule has 104 valence electrons. The third-order valence-electron chi connectivity index (χ3n) is 3.41. The Morgan fingerprint density at radius 2 is 1.80 bits per heavy atom. The van der Waals surface area contributed by atoms with Gasteiger partial charge in [-0.3, -0.25) is 4.55 Å². The SMILES string of the molecule is Cc1ccc(-c2cc3c(c(S(=O)(=O)O)c2)OCC3)cc1. The third kappa shape index (κ3) is 2.30.